The first-order chi connectivity index (χ1) is 8.49. The Hall–Kier alpha value is -0.690. The van der Waals surface area contributed by atoms with Crippen molar-refractivity contribution in [1.29, 1.82) is 0 Å². The second-order valence-electron chi connectivity index (χ2n) is 4.57. The van der Waals surface area contributed by atoms with Gasteiger partial charge in [-0.05, 0) is 32.0 Å². The molecule has 18 heavy (non-hydrogen) atoms. The van der Waals surface area contributed by atoms with E-state index in [0.29, 0.717) is 12.5 Å². The zero-order valence-corrected chi connectivity index (χ0v) is 11.7. The number of pyridine rings is 1. The quantitative estimate of drug-likeness (QED) is 0.897. The maximum atomic E-state index is 12.0. The van der Waals surface area contributed by atoms with Crippen molar-refractivity contribution in [1.82, 2.24) is 14.6 Å². The molecule has 2 heterocycles. The number of rotatable bonds is 4. The minimum atomic E-state index is -3.56. The molecule has 0 bridgehead atoms. The fourth-order valence-electron chi connectivity index (χ4n) is 2.06. The molecule has 1 fully saturated rings. The standard InChI is InChI=1S/C11H16ClN3O2S/c1-15-5-3-9(8-15)6-14-18(16,17)11-7-13-4-2-10(11)12/h2,4,7,9,14H,3,5-6,8H2,1H3. The molecule has 0 aromatic carbocycles. The van der Waals surface area contributed by atoms with Crippen LogP contribution in [0.25, 0.3) is 0 Å². The highest BCUT2D eigenvalue weighted by Crippen LogP contribution is 2.20. The molecule has 5 nitrogen and oxygen atoms in total. The predicted molar refractivity (Wildman–Crippen MR) is 70.0 cm³/mol. The molecule has 0 radical (unpaired) electrons. The van der Waals surface area contributed by atoms with Gasteiger partial charge in [0, 0.05) is 25.5 Å². The third-order valence-electron chi connectivity index (χ3n) is 3.07. The largest absolute Gasteiger partial charge is 0.306 e. The highest BCUT2D eigenvalue weighted by Gasteiger charge is 2.23. The van der Waals surface area contributed by atoms with Crippen molar-refractivity contribution in [2.24, 2.45) is 5.92 Å². The van der Waals surface area contributed by atoms with Crippen LogP contribution in [0.15, 0.2) is 23.4 Å². The second-order valence-corrected chi connectivity index (χ2v) is 6.72. The first kappa shape index (κ1) is 13.7. The molecule has 100 valence electrons. The number of hydrogen-bond donors (Lipinski definition) is 1. The van der Waals surface area contributed by atoms with Crippen LogP contribution in [0.2, 0.25) is 5.02 Å². The lowest BCUT2D eigenvalue weighted by atomic mass is 10.1. The van der Waals surface area contributed by atoms with Crippen LogP contribution in [0, 0.1) is 5.92 Å². The molecule has 0 amide bonds. The fourth-order valence-corrected chi connectivity index (χ4v) is 3.60. The van der Waals surface area contributed by atoms with Crippen LogP contribution in [0.1, 0.15) is 6.42 Å². The van der Waals surface area contributed by atoms with Gasteiger partial charge in [-0.2, -0.15) is 0 Å². The molecule has 1 aromatic rings. The summed E-state index contributed by atoms with van der Waals surface area (Å²) in [6, 6.07) is 1.47. The number of hydrogen-bond acceptors (Lipinski definition) is 4. The van der Waals surface area contributed by atoms with Crippen molar-refractivity contribution in [3.8, 4) is 0 Å². The van der Waals surface area contributed by atoms with Gasteiger partial charge in [-0.3, -0.25) is 4.98 Å². The van der Waals surface area contributed by atoms with E-state index in [1.54, 1.807) is 0 Å². The molecule has 1 saturated heterocycles. The van der Waals surface area contributed by atoms with Gasteiger partial charge < -0.3 is 4.90 Å². The number of sulfonamides is 1. The SMILES string of the molecule is CN1CCC(CNS(=O)(=O)c2cnccc2Cl)C1. The highest BCUT2D eigenvalue weighted by atomic mass is 35.5. The number of aromatic nitrogens is 1. The Morgan fingerprint density at radius 1 is 1.61 bits per heavy atom. The molecule has 0 saturated carbocycles. The van der Waals surface area contributed by atoms with Gasteiger partial charge in [0.15, 0.2) is 0 Å². The summed E-state index contributed by atoms with van der Waals surface area (Å²) in [6.45, 7) is 2.38. The summed E-state index contributed by atoms with van der Waals surface area (Å²) < 4.78 is 26.7. The van der Waals surface area contributed by atoms with E-state index < -0.39 is 10.0 Å². The number of likely N-dealkylation sites (tertiary alicyclic amines) is 1. The molecule has 1 aliphatic heterocycles. The van der Waals surface area contributed by atoms with Gasteiger partial charge in [-0.15, -0.1) is 0 Å². The van der Waals surface area contributed by atoms with Crippen LogP contribution in [0.4, 0.5) is 0 Å². The van der Waals surface area contributed by atoms with Gasteiger partial charge in [0.25, 0.3) is 0 Å². The predicted octanol–water partition coefficient (Wildman–Crippen LogP) is 0.965. The zero-order chi connectivity index (χ0) is 13.2. The molecule has 1 aromatic heterocycles. The maximum absolute atomic E-state index is 12.0. The summed E-state index contributed by atoms with van der Waals surface area (Å²) in [5.74, 6) is 0.361. The minimum Gasteiger partial charge on any atom is -0.306 e. The summed E-state index contributed by atoms with van der Waals surface area (Å²) in [5, 5.41) is 0.195. The Morgan fingerprint density at radius 3 is 3.00 bits per heavy atom. The lowest BCUT2D eigenvalue weighted by Gasteiger charge is -2.12. The summed E-state index contributed by atoms with van der Waals surface area (Å²) in [5.41, 5.74) is 0. The summed E-state index contributed by atoms with van der Waals surface area (Å²) >= 11 is 5.86. The zero-order valence-electron chi connectivity index (χ0n) is 10.1. The molecule has 1 atom stereocenters. The summed E-state index contributed by atoms with van der Waals surface area (Å²) in [4.78, 5) is 6.02. The lowest BCUT2D eigenvalue weighted by molar-refractivity contribution is 0.394. The average Bonchev–Trinajstić information content (AvgIpc) is 2.73. The maximum Gasteiger partial charge on any atom is 0.243 e. The minimum absolute atomic E-state index is 0.0398. The van der Waals surface area contributed by atoms with Crippen molar-refractivity contribution in [3.05, 3.63) is 23.5 Å². The Balaban J connectivity index is 2.02. The monoisotopic (exact) mass is 289 g/mol. The van der Waals surface area contributed by atoms with Crippen LogP contribution in [-0.4, -0.2) is 45.0 Å². The van der Waals surface area contributed by atoms with E-state index in [0.717, 1.165) is 19.5 Å². The fraction of sp³-hybridized carbons (Fsp3) is 0.545. The van der Waals surface area contributed by atoms with E-state index >= 15 is 0 Å². The third kappa shape index (κ3) is 3.20. The van der Waals surface area contributed by atoms with E-state index in [1.807, 2.05) is 7.05 Å². The van der Waals surface area contributed by atoms with Crippen molar-refractivity contribution < 1.29 is 8.42 Å². The normalized spacial score (nSPS) is 21.3. The van der Waals surface area contributed by atoms with Crippen LogP contribution in [0.3, 0.4) is 0 Å². The van der Waals surface area contributed by atoms with Crippen molar-refractivity contribution >= 4 is 21.6 Å². The van der Waals surface area contributed by atoms with Crippen LogP contribution >= 0.6 is 11.6 Å². The Labute approximate surface area is 112 Å². The Bertz CT molecular complexity index is 521. The highest BCUT2D eigenvalue weighted by molar-refractivity contribution is 7.89. The number of nitrogens with zero attached hydrogens (tertiary/aromatic N) is 2. The molecule has 0 spiro atoms. The molecule has 7 heteroatoms. The summed E-state index contributed by atoms with van der Waals surface area (Å²) in [6.07, 6.45) is 3.75. The Kier molecular flexibility index (Phi) is 4.21. The molecular weight excluding hydrogens is 274 g/mol. The van der Waals surface area contributed by atoms with E-state index in [2.05, 4.69) is 14.6 Å². The number of nitrogens with one attached hydrogen (secondary N) is 1. The van der Waals surface area contributed by atoms with E-state index in [9.17, 15) is 8.42 Å². The Morgan fingerprint density at radius 2 is 2.39 bits per heavy atom. The van der Waals surface area contributed by atoms with Gasteiger partial charge in [-0.1, -0.05) is 11.6 Å². The van der Waals surface area contributed by atoms with Crippen molar-refractivity contribution in [2.75, 3.05) is 26.7 Å². The summed E-state index contributed by atoms with van der Waals surface area (Å²) in [7, 11) is -1.52. The van der Waals surface area contributed by atoms with Gasteiger partial charge in [0.2, 0.25) is 10.0 Å². The second kappa shape index (κ2) is 5.52. The van der Waals surface area contributed by atoms with Crippen molar-refractivity contribution in [2.45, 2.75) is 11.3 Å². The topological polar surface area (TPSA) is 62.3 Å². The van der Waals surface area contributed by atoms with Crippen LogP contribution in [-0.2, 0) is 10.0 Å². The van der Waals surface area contributed by atoms with Gasteiger partial charge in [0.1, 0.15) is 4.90 Å². The molecular formula is C11H16ClN3O2S. The van der Waals surface area contributed by atoms with E-state index in [-0.39, 0.29) is 9.92 Å². The van der Waals surface area contributed by atoms with E-state index in [4.69, 9.17) is 11.6 Å². The smallest absolute Gasteiger partial charge is 0.243 e. The molecule has 1 aliphatic rings. The molecule has 0 aliphatic carbocycles. The van der Waals surface area contributed by atoms with E-state index in [1.165, 1.54) is 18.5 Å². The van der Waals surface area contributed by atoms with Gasteiger partial charge in [0.05, 0.1) is 5.02 Å². The lowest BCUT2D eigenvalue weighted by Crippen LogP contribution is -2.30. The first-order valence-electron chi connectivity index (χ1n) is 5.77. The van der Waals surface area contributed by atoms with Crippen molar-refractivity contribution in [3.63, 3.8) is 0 Å². The first-order valence-corrected chi connectivity index (χ1v) is 7.63. The van der Waals surface area contributed by atoms with Crippen LogP contribution in [0.5, 0.6) is 0 Å². The molecule has 2 rings (SSSR count). The average molecular weight is 290 g/mol. The van der Waals surface area contributed by atoms with Gasteiger partial charge in [-0.25, -0.2) is 13.1 Å². The molecule has 1 unspecified atom stereocenters. The third-order valence-corrected chi connectivity index (χ3v) is 4.97. The van der Waals surface area contributed by atoms with Crippen LogP contribution < -0.4 is 4.72 Å². The number of halogens is 1. The van der Waals surface area contributed by atoms with Gasteiger partial charge >= 0.3 is 0 Å². The molecule has 1 N–H and O–H groups in total.